The third-order valence-electron chi connectivity index (χ3n) is 2.36. The molecular formula is C13H13ClF3NO2. The summed E-state index contributed by atoms with van der Waals surface area (Å²) < 4.78 is 43.1. The van der Waals surface area contributed by atoms with E-state index < -0.39 is 17.7 Å². The normalized spacial score (nSPS) is 11.1. The maximum Gasteiger partial charge on any atom is 0.418 e. The Morgan fingerprint density at radius 2 is 2.10 bits per heavy atom. The maximum absolute atomic E-state index is 12.8. The van der Waals surface area contributed by atoms with E-state index in [4.69, 9.17) is 11.6 Å². The second kappa shape index (κ2) is 6.65. The van der Waals surface area contributed by atoms with Crippen molar-refractivity contribution >= 4 is 23.3 Å². The van der Waals surface area contributed by atoms with Gasteiger partial charge in [-0.1, -0.05) is 24.2 Å². The Bertz CT molecular complexity index is 515. The van der Waals surface area contributed by atoms with Crippen LogP contribution in [0, 0.1) is 0 Å². The van der Waals surface area contributed by atoms with Crippen molar-refractivity contribution in [3.63, 3.8) is 0 Å². The molecule has 0 atom stereocenters. The van der Waals surface area contributed by atoms with Crippen LogP contribution in [-0.2, 0) is 15.7 Å². The lowest BCUT2D eigenvalue weighted by molar-refractivity contribution is -0.138. The summed E-state index contributed by atoms with van der Waals surface area (Å²) in [6.07, 6.45) is -4.54. The molecule has 0 amide bonds. The molecule has 0 radical (unpaired) electrons. The van der Waals surface area contributed by atoms with Crippen LogP contribution in [0.2, 0.25) is 5.02 Å². The number of nitrogens with one attached hydrogen (secondary N) is 1. The number of carbonyl (C=O) groups excluding carboxylic acids is 1. The van der Waals surface area contributed by atoms with Crippen LogP contribution in [0.1, 0.15) is 12.5 Å². The van der Waals surface area contributed by atoms with Crippen LogP contribution < -0.4 is 5.32 Å². The molecule has 0 aliphatic heterocycles. The first-order chi connectivity index (χ1) is 9.27. The van der Waals surface area contributed by atoms with Crippen molar-refractivity contribution in [3.8, 4) is 0 Å². The zero-order chi connectivity index (χ0) is 15.3. The Morgan fingerprint density at radius 3 is 2.65 bits per heavy atom. The summed E-state index contributed by atoms with van der Waals surface area (Å²) in [6, 6.07) is 3.43. The molecule has 0 aliphatic carbocycles. The zero-order valence-corrected chi connectivity index (χ0v) is 11.4. The molecule has 110 valence electrons. The van der Waals surface area contributed by atoms with Crippen molar-refractivity contribution in [3.05, 3.63) is 40.9 Å². The lowest BCUT2D eigenvalue weighted by Crippen LogP contribution is -2.17. The highest BCUT2D eigenvalue weighted by Crippen LogP contribution is 2.38. The van der Waals surface area contributed by atoms with Crippen LogP contribution in [0.15, 0.2) is 30.4 Å². The topological polar surface area (TPSA) is 38.3 Å². The predicted octanol–water partition coefficient (Wildman–Crippen LogP) is 3.89. The predicted molar refractivity (Wildman–Crippen MR) is 70.7 cm³/mol. The number of rotatable bonds is 5. The van der Waals surface area contributed by atoms with Gasteiger partial charge in [-0.15, -0.1) is 0 Å². The standard InChI is InChI=1S/C13H13ClF3NO2/c1-3-20-12(19)8(2)7-18-11-9(13(15,16)17)5-4-6-10(11)14/h4-6,18H,2-3,7H2,1H3. The van der Waals surface area contributed by atoms with Gasteiger partial charge >= 0.3 is 12.1 Å². The molecule has 0 bridgehead atoms. The molecule has 3 nitrogen and oxygen atoms in total. The highest BCUT2D eigenvalue weighted by Gasteiger charge is 2.34. The number of halogens is 4. The van der Waals surface area contributed by atoms with Crippen molar-refractivity contribution < 1.29 is 22.7 Å². The van der Waals surface area contributed by atoms with Gasteiger partial charge in [0, 0.05) is 12.1 Å². The molecule has 0 unspecified atom stereocenters. The summed E-state index contributed by atoms with van der Waals surface area (Å²) in [7, 11) is 0. The monoisotopic (exact) mass is 307 g/mol. The molecule has 0 spiro atoms. The van der Waals surface area contributed by atoms with Crippen LogP contribution in [0.3, 0.4) is 0 Å². The van der Waals surface area contributed by atoms with E-state index in [2.05, 4.69) is 16.6 Å². The second-order valence-corrected chi connectivity index (χ2v) is 4.24. The minimum absolute atomic E-state index is 0.0138. The van der Waals surface area contributed by atoms with Crippen LogP contribution in [0.25, 0.3) is 0 Å². The average molecular weight is 308 g/mol. The summed E-state index contributed by atoms with van der Waals surface area (Å²) in [6.45, 7) is 5.04. The van der Waals surface area contributed by atoms with Gasteiger partial charge in [0.25, 0.3) is 0 Å². The van der Waals surface area contributed by atoms with E-state index in [9.17, 15) is 18.0 Å². The van der Waals surface area contributed by atoms with Crippen molar-refractivity contribution in [1.29, 1.82) is 0 Å². The molecular weight excluding hydrogens is 295 g/mol. The minimum atomic E-state index is -4.54. The van der Waals surface area contributed by atoms with E-state index in [0.29, 0.717) is 0 Å². The number of anilines is 1. The molecule has 0 fully saturated rings. The molecule has 20 heavy (non-hydrogen) atoms. The van der Waals surface area contributed by atoms with E-state index in [1.165, 1.54) is 12.1 Å². The number of hydrogen-bond donors (Lipinski definition) is 1. The Labute approximate surface area is 119 Å². The van der Waals surface area contributed by atoms with Gasteiger partial charge in [0.2, 0.25) is 0 Å². The zero-order valence-electron chi connectivity index (χ0n) is 10.7. The Kier molecular flexibility index (Phi) is 5.44. The fourth-order valence-corrected chi connectivity index (χ4v) is 1.68. The molecule has 0 heterocycles. The highest BCUT2D eigenvalue weighted by atomic mass is 35.5. The van der Waals surface area contributed by atoms with Crippen molar-refractivity contribution in [2.24, 2.45) is 0 Å². The summed E-state index contributed by atoms with van der Waals surface area (Å²) in [5.41, 5.74) is -1.17. The van der Waals surface area contributed by atoms with Gasteiger partial charge in [0.05, 0.1) is 22.9 Å². The third-order valence-corrected chi connectivity index (χ3v) is 2.68. The van der Waals surface area contributed by atoms with E-state index in [0.717, 1.165) is 6.07 Å². The summed E-state index contributed by atoms with van der Waals surface area (Å²) >= 11 is 5.75. The van der Waals surface area contributed by atoms with Gasteiger partial charge in [-0.25, -0.2) is 4.79 Å². The van der Waals surface area contributed by atoms with Crippen molar-refractivity contribution in [1.82, 2.24) is 0 Å². The lowest BCUT2D eigenvalue weighted by Gasteiger charge is -2.16. The average Bonchev–Trinajstić information content (AvgIpc) is 2.35. The van der Waals surface area contributed by atoms with Gasteiger partial charge in [-0.05, 0) is 19.1 Å². The maximum atomic E-state index is 12.8. The Hall–Kier alpha value is -1.69. The number of para-hydroxylation sites is 1. The van der Waals surface area contributed by atoms with Crippen molar-refractivity contribution in [2.45, 2.75) is 13.1 Å². The Morgan fingerprint density at radius 1 is 1.45 bits per heavy atom. The van der Waals surface area contributed by atoms with Gasteiger partial charge in [0.1, 0.15) is 0 Å². The minimum Gasteiger partial charge on any atom is -0.463 e. The molecule has 1 aromatic carbocycles. The van der Waals surface area contributed by atoms with E-state index in [-0.39, 0.29) is 29.4 Å². The van der Waals surface area contributed by atoms with Crippen LogP contribution in [-0.4, -0.2) is 19.1 Å². The number of benzene rings is 1. The molecule has 1 N–H and O–H groups in total. The van der Waals surface area contributed by atoms with Crippen LogP contribution in [0.4, 0.5) is 18.9 Å². The SMILES string of the molecule is C=C(CNc1c(Cl)cccc1C(F)(F)F)C(=O)OCC. The first-order valence-corrected chi connectivity index (χ1v) is 6.09. The van der Waals surface area contributed by atoms with E-state index >= 15 is 0 Å². The first-order valence-electron chi connectivity index (χ1n) is 5.71. The fraction of sp³-hybridized carbons (Fsp3) is 0.308. The lowest BCUT2D eigenvalue weighted by atomic mass is 10.1. The first kappa shape index (κ1) is 16.4. The van der Waals surface area contributed by atoms with Crippen LogP contribution in [0.5, 0.6) is 0 Å². The third kappa shape index (κ3) is 4.16. The fourth-order valence-electron chi connectivity index (χ4n) is 1.44. The van der Waals surface area contributed by atoms with E-state index in [1.807, 2.05) is 0 Å². The number of hydrogen-bond acceptors (Lipinski definition) is 3. The molecule has 7 heteroatoms. The summed E-state index contributed by atoms with van der Waals surface area (Å²) in [5, 5.41) is 2.39. The molecule has 0 saturated heterocycles. The number of esters is 1. The van der Waals surface area contributed by atoms with Gasteiger partial charge in [-0.2, -0.15) is 13.2 Å². The highest BCUT2D eigenvalue weighted by molar-refractivity contribution is 6.33. The summed E-state index contributed by atoms with van der Waals surface area (Å²) in [5.74, 6) is -0.666. The van der Waals surface area contributed by atoms with E-state index in [1.54, 1.807) is 6.92 Å². The molecule has 0 aliphatic rings. The summed E-state index contributed by atoms with van der Waals surface area (Å²) in [4.78, 5) is 11.3. The largest absolute Gasteiger partial charge is 0.463 e. The van der Waals surface area contributed by atoms with Gasteiger partial charge < -0.3 is 10.1 Å². The quantitative estimate of drug-likeness (QED) is 0.662. The molecule has 0 aromatic heterocycles. The number of alkyl halides is 3. The Balaban J connectivity index is 2.88. The molecule has 1 aromatic rings. The molecule has 1 rings (SSSR count). The number of carbonyl (C=O) groups is 1. The van der Waals surface area contributed by atoms with Gasteiger partial charge in [0.15, 0.2) is 0 Å². The van der Waals surface area contributed by atoms with Crippen LogP contribution >= 0.6 is 11.6 Å². The van der Waals surface area contributed by atoms with Gasteiger partial charge in [-0.3, -0.25) is 0 Å². The molecule has 0 saturated carbocycles. The van der Waals surface area contributed by atoms with Crippen molar-refractivity contribution in [2.75, 3.05) is 18.5 Å². The second-order valence-electron chi connectivity index (χ2n) is 3.84. The number of ether oxygens (including phenoxy) is 1. The smallest absolute Gasteiger partial charge is 0.418 e.